The number of aromatic nitrogens is 1. The van der Waals surface area contributed by atoms with E-state index in [1.54, 1.807) is 17.6 Å². The Morgan fingerprint density at radius 3 is 2.54 bits per heavy atom. The molecule has 1 aliphatic carbocycles. The van der Waals surface area contributed by atoms with Gasteiger partial charge in [0, 0.05) is 11.4 Å². The van der Waals surface area contributed by atoms with Gasteiger partial charge in [-0.15, -0.1) is 11.3 Å². The fraction of sp³-hybridized carbons (Fsp3) is 0.350. The minimum atomic E-state index is 0.529. The van der Waals surface area contributed by atoms with E-state index in [-0.39, 0.29) is 0 Å². The van der Waals surface area contributed by atoms with Gasteiger partial charge >= 0.3 is 0 Å². The van der Waals surface area contributed by atoms with Gasteiger partial charge in [0.05, 0.1) is 17.6 Å². The molecule has 2 aromatic heterocycles. The van der Waals surface area contributed by atoms with E-state index in [0.29, 0.717) is 6.04 Å². The molecule has 124 valence electrons. The van der Waals surface area contributed by atoms with Crippen LogP contribution >= 0.6 is 11.3 Å². The van der Waals surface area contributed by atoms with Crippen LogP contribution in [0.2, 0.25) is 0 Å². The molecule has 0 atom stereocenters. The van der Waals surface area contributed by atoms with Crippen molar-refractivity contribution in [2.24, 2.45) is 4.99 Å². The first kappa shape index (κ1) is 15.5. The Bertz CT molecular complexity index is 876. The molecule has 0 N–H and O–H groups in total. The molecule has 4 rings (SSSR count). The Morgan fingerprint density at radius 1 is 1.12 bits per heavy atom. The molecule has 3 aromatic rings. The van der Waals surface area contributed by atoms with Crippen LogP contribution in [-0.4, -0.2) is 4.57 Å². The standard InChI is InChI=1S/C20H22N2OS/c1-14-10-15(2)12-16(11-14)21-20-22(17-6-3-4-7-17)18(13-24-20)19-8-5-9-23-19/h5,8-13,17H,3-4,6-7H2,1-2H3. The second kappa shape index (κ2) is 6.44. The zero-order chi connectivity index (χ0) is 16.5. The molecule has 0 radical (unpaired) electrons. The lowest BCUT2D eigenvalue weighted by Crippen LogP contribution is -2.19. The SMILES string of the molecule is Cc1cc(C)cc(N=c2scc(-c3ccco3)n2C2CCCC2)c1. The van der Waals surface area contributed by atoms with Crippen LogP contribution in [-0.2, 0) is 0 Å². The third-order valence-corrected chi connectivity index (χ3v) is 5.48. The molecule has 0 saturated heterocycles. The first-order valence-corrected chi connectivity index (χ1v) is 9.45. The number of rotatable bonds is 3. The van der Waals surface area contributed by atoms with Crippen LogP contribution in [0.3, 0.4) is 0 Å². The normalized spacial score (nSPS) is 16.2. The summed E-state index contributed by atoms with van der Waals surface area (Å²) in [6.45, 7) is 4.25. The summed E-state index contributed by atoms with van der Waals surface area (Å²) in [4.78, 5) is 6.05. The van der Waals surface area contributed by atoms with E-state index in [1.165, 1.54) is 36.8 Å². The minimum Gasteiger partial charge on any atom is -0.463 e. The quantitative estimate of drug-likeness (QED) is 0.596. The molecule has 0 spiro atoms. The molecule has 0 amide bonds. The maximum Gasteiger partial charge on any atom is 0.190 e. The zero-order valence-electron chi connectivity index (χ0n) is 14.2. The predicted molar refractivity (Wildman–Crippen MR) is 98.7 cm³/mol. The summed E-state index contributed by atoms with van der Waals surface area (Å²) in [5.41, 5.74) is 4.69. The van der Waals surface area contributed by atoms with Crippen LogP contribution < -0.4 is 4.80 Å². The molecule has 2 heterocycles. The Balaban J connectivity index is 1.87. The molecule has 1 fully saturated rings. The van der Waals surface area contributed by atoms with Crippen molar-refractivity contribution in [2.75, 3.05) is 0 Å². The van der Waals surface area contributed by atoms with Gasteiger partial charge in [0.2, 0.25) is 0 Å². The highest BCUT2D eigenvalue weighted by Crippen LogP contribution is 2.33. The Hall–Kier alpha value is -2.07. The van der Waals surface area contributed by atoms with Gasteiger partial charge in [0.1, 0.15) is 0 Å². The molecule has 24 heavy (non-hydrogen) atoms. The van der Waals surface area contributed by atoms with Gasteiger partial charge < -0.3 is 8.98 Å². The van der Waals surface area contributed by atoms with Gasteiger partial charge in [-0.2, -0.15) is 0 Å². The summed E-state index contributed by atoms with van der Waals surface area (Å²) in [5.74, 6) is 0.931. The van der Waals surface area contributed by atoms with Crippen molar-refractivity contribution in [3.05, 3.63) is 57.9 Å². The summed E-state index contributed by atoms with van der Waals surface area (Å²) in [7, 11) is 0. The van der Waals surface area contributed by atoms with E-state index in [9.17, 15) is 0 Å². The lowest BCUT2D eigenvalue weighted by atomic mass is 10.1. The summed E-state index contributed by atoms with van der Waals surface area (Å²) >= 11 is 1.70. The van der Waals surface area contributed by atoms with Crippen LogP contribution in [0.15, 0.2) is 51.4 Å². The van der Waals surface area contributed by atoms with E-state index in [2.05, 4.69) is 42.0 Å². The zero-order valence-corrected chi connectivity index (χ0v) is 15.0. The van der Waals surface area contributed by atoms with E-state index in [4.69, 9.17) is 9.41 Å². The van der Waals surface area contributed by atoms with Gasteiger partial charge in [-0.1, -0.05) is 18.9 Å². The molecular weight excluding hydrogens is 316 g/mol. The fourth-order valence-corrected chi connectivity index (χ4v) is 4.61. The fourth-order valence-electron chi connectivity index (χ4n) is 3.65. The van der Waals surface area contributed by atoms with Crippen LogP contribution in [0, 0.1) is 13.8 Å². The third-order valence-electron chi connectivity index (χ3n) is 4.64. The Morgan fingerprint density at radius 2 is 1.88 bits per heavy atom. The first-order chi connectivity index (χ1) is 11.7. The number of thiazole rings is 1. The first-order valence-electron chi connectivity index (χ1n) is 8.57. The lowest BCUT2D eigenvalue weighted by molar-refractivity contribution is 0.499. The summed E-state index contributed by atoms with van der Waals surface area (Å²) in [6.07, 6.45) is 6.80. The maximum absolute atomic E-state index is 5.67. The van der Waals surface area contributed by atoms with E-state index in [1.807, 2.05) is 12.1 Å². The number of hydrogen-bond donors (Lipinski definition) is 0. The Kier molecular flexibility index (Phi) is 4.15. The van der Waals surface area contributed by atoms with Crippen molar-refractivity contribution in [3.63, 3.8) is 0 Å². The van der Waals surface area contributed by atoms with Crippen molar-refractivity contribution >= 4 is 17.0 Å². The van der Waals surface area contributed by atoms with E-state index >= 15 is 0 Å². The predicted octanol–water partition coefficient (Wildman–Crippen LogP) is 5.77. The molecule has 1 aromatic carbocycles. The summed E-state index contributed by atoms with van der Waals surface area (Å²) in [6, 6.07) is 11.0. The maximum atomic E-state index is 5.67. The number of benzene rings is 1. The lowest BCUT2D eigenvalue weighted by Gasteiger charge is -2.14. The topological polar surface area (TPSA) is 30.4 Å². The highest BCUT2D eigenvalue weighted by atomic mass is 32.1. The third kappa shape index (κ3) is 2.98. The number of aryl methyl sites for hydroxylation is 2. The molecule has 0 unspecified atom stereocenters. The van der Waals surface area contributed by atoms with E-state index < -0.39 is 0 Å². The second-order valence-corrected chi connectivity index (χ2v) is 7.48. The summed E-state index contributed by atoms with van der Waals surface area (Å²) in [5, 5.41) is 2.18. The van der Waals surface area contributed by atoms with Crippen molar-refractivity contribution in [1.29, 1.82) is 0 Å². The molecule has 1 saturated carbocycles. The highest BCUT2D eigenvalue weighted by Gasteiger charge is 2.22. The average molecular weight is 338 g/mol. The van der Waals surface area contributed by atoms with Gasteiger partial charge in [-0.3, -0.25) is 0 Å². The van der Waals surface area contributed by atoms with Crippen molar-refractivity contribution in [2.45, 2.75) is 45.6 Å². The van der Waals surface area contributed by atoms with Crippen LogP contribution in [0.4, 0.5) is 5.69 Å². The van der Waals surface area contributed by atoms with Crippen LogP contribution in [0.5, 0.6) is 0 Å². The molecule has 1 aliphatic rings. The van der Waals surface area contributed by atoms with Crippen LogP contribution in [0.25, 0.3) is 11.5 Å². The molecular formula is C20H22N2OS. The molecule has 4 heteroatoms. The molecule has 0 aliphatic heterocycles. The number of furan rings is 1. The Labute approximate surface area is 146 Å². The van der Waals surface area contributed by atoms with E-state index in [0.717, 1.165) is 21.9 Å². The van der Waals surface area contributed by atoms with Gasteiger partial charge in [-0.05, 0) is 62.1 Å². The monoisotopic (exact) mass is 338 g/mol. The van der Waals surface area contributed by atoms with Crippen LogP contribution in [0.1, 0.15) is 42.9 Å². The molecule has 3 nitrogen and oxygen atoms in total. The van der Waals surface area contributed by atoms with Crippen molar-refractivity contribution in [1.82, 2.24) is 4.57 Å². The highest BCUT2D eigenvalue weighted by molar-refractivity contribution is 7.07. The minimum absolute atomic E-state index is 0.529. The summed E-state index contributed by atoms with van der Waals surface area (Å²) < 4.78 is 8.06. The largest absolute Gasteiger partial charge is 0.463 e. The van der Waals surface area contributed by atoms with Gasteiger partial charge in [0.25, 0.3) is 0 Å². The average Bonchev–Trinajstić information content (AvgIpc) is 3.27. The van der Waals surface area contributed by atoms with Gasteiger partial charge in [-0.25, -0.2) is 4.99 Å². The smallest absolute Gasteiger partial charge is 0.190 e. The van der Waals surface area contributed by atoms with Crippen molar-refractivity contribution in [3.8, 4) is 11.5 Å². The second-order valence-electron chi connectivity index (χ2n) is 6.65. The van der Waals surface area contributed by atoms with Crippen molar-refractivity contribution < 1.29 is 4.42 Å². The molecule has 0 bridgehead atoms. The number of nitrogens with zero attached hydrogens (tertiary/aromatic N) is 2. The number of hydrogen-bond acceptors (Lipinski definition) is 3. The van der Waals surface area contributed by atoms with Gasteiger partial charge in [0.15, 0.2) is 10.6 Å².